The molecule has 1 aromatic carbocycles. The Morgan fingerprint density at radius 2 is 2.00 bits per heavy atom. The molecule has 0 aliphatic heterocycles. The molecule has 14 heavy (non-hydrogen) atoms. The van der Waals surface area contributed by atoms with Crippen LogP contribution in [-0.2, 0) is 0 Å². The Morgan fingerprint density at radius 3 is 2.79 bits per heavy atom. The quantitative estimate of drug-likeness (QED) is 0.885. The van der Waals surface area contributed by atoms with Crippen molar-refractivity contribution in [3.63, 3.8) is 0 Å². The van der Waals surface area contributed by atoms with E-state index >= 15 is 0 Å². The van der Waals surface area contributed by atoms with Crippen LogP contribution in [0.25, 0.3) is 10.8 Å². The number of benzene rings is 1. The van der Waals surface area contributed by atoms with E-state index in [1.165, 1.54) is 5.39 Å². The topological polar surface area (TPSA) is 24.9 Å². The van der Waals surface area contributed by atoms with Gasteiger partial charge in [-0.25, -0.2) is 4.98 Å². The minimum absolute atomic E-state index is 0. The van der Waals surface area contributed by atoms with Crippen LogP contribution >= 0.6 is 17.0 Å². The van der Waals surface area contributed by atoms with Crippen molar-refractivity contribution in [2.24, 2.45) is 0 Å². The van der Waals surface area contributed by atoms with E-state index in [-0.39, 0.29) is 17.0 Å². The number of rotatable bonds is 2. The van der Waals surface area contributed by atoms with Crippen LogP contribution < -0.4 is 5.32 Å². The van der Waals surface area contributed by atoms with Crippen LogP contribution in [0.1, 0.15) is 0 Å². The van der Waals surface area contributed by atoms with Crippen LogP contribution in [0.5, 0.6) is 0 Å². The molecule has 0 atom stereocenters. The van der Waals surface area contributed by atoms with Crippen molar-refractivity contribution < 1.29 is 0 Å². The number of hydrogen-bond donors (Lipinski definition) is 1. The number of halogens is 1. The predicted molar refractivity (Wildman–Crippen MR) is 65.9 cm³/mol. The molecular weight excluding hydrogens is 240 g/mol. The smallest absolute Gasteiger partial charge is 0.137 e. The van der Waals surface area contributed by atoms with Crippen LogP contribution in [0.2, 0.25) is 0 Å². The summed E-state index contributed by atoms with van der Waals surface area (Å²) in [6.07, 6.45) is 3.42. The molecule has 0 fully saturated rings. The van der Waals surface area contributed by atoms with Crippen LogP contribution in [0.15, 0.2) is 49.3 Å². The van der Waals surface area contributed by atoms with E-state index in [1.54, 1.807) is 12.4 Å². The third-order valence-corrected chi connectivity index (χ3v) is 1.91. The van der Waals surface area contributed by atoms with Gasteiger partial charge in [0.15, 0.2) is 0 Å². The Hall–Kier alpha value is -1.35. The molecule has 0 aliphatic carbocycles. The highest BCUT2D eigenvalue weighted by molar-refractivity contribution is 8.93. The van der Waals surface area contributed by atoms with E-state index in [0.717, 1.165) is 11.2 Å². The molecule has 0 unspecified atom stereocenters. The van der Waals surface area contributed by atoms with Crippen molar-refractivity contribution in [1.82, 2.24) is 4.98 Å². The number of nitrogens with zero attached hydrogens (tertiary/aromatic N) is 1. The highest BCUT2D eigenvalue weighted by Gasteiger charge is 1.97. The summed E-state index contributed by atoms with van der Waals surface area (Å²) in [5, 5.41) is 5.30. The third kappa shape index (κ3) is 1.93. The van der Waals surface area contributed by atoms with Crippen molar-refractivity contribution in [3.8, 4) is 0 Å². The maximum absolute atomic E-state index is 4.21. The van der Waals surface area contributed by atoms with Gasteiger partial charge in [0.05, 0.1) is 0 Å². The minimum atomic E-state index is 0. The van der Waals surface area contributed by atoms with Gasteiger partial charge in [0.2, 0.25) is 0 Å². The largest absolute Gasteiger partial charge is 0.347 e. The van der Waals surface area contributed by atoms with Gasteiger partial charge in [-0.15, -0.1) is 17.0 Å². The fourth-order valence-corrected chi connectivity index (χ4v) is 1.33. The van der Waals surface area contributed by atoms with Crippen LogP contribution in [0, 0.1) is 0 Å². The minimum Gasteiger partial charge on any atom is -0.347 e. The lowest BCUT2D eigenvalue weighted by molar-refractivity contribution is 1.34. The molecule has 2 rings (SSSR count). The Bertz CT molecular complexity index is 435. The van der Waals surface area contributed by atoms with Gasteiger partial charge in [0.25, 0.3) is 0 Å². The lowest BCUT2D eigenvalue weighted by atomic mass is 10.1. The Balaban J connectivity index is 0.000000980. The summed E-state index contributed by atoms with van der Waals surface area (Å²) >= 11 is 0. The predicted octanol–water partition coefficient (Wildman–Crippen LogP) is 3.37. The van der Waals surface area contributed by atoms with E-state index in [0.29, 0.717) is 0 Å². The van der Waals surface area contributed by atoms with Gasteiger partial charge in [-0.05, 0) is 17.7 Å². The van der Waals surface area contributed by atoms with Crippen LogP contribution in [0.4, 0.5) is 5.82 Å². The summed E-state index contributed by atoms with van der Waals surface area (Å²) in [6.45, 7) is 3.61. The molecule has 1 N–H and O–H groups in total. The number of nitrogens with one attached hydrogen (secondary N) is 1. The van der Waals surface area contributed by atoms with E-state index < -0.39 is 0 Å². The van der Waals surface area contributed by atoms with E-state index in [1.807, 2.05) is 24.3 Å². The molecule has 3 heteroatoms. The second kappa shape index (κ2) is 4.77. The van der Waals surface area contributed by atoms with E-state index in [4.69, 9.17) is 0 Å². The number of anilines is 1. The highest BCUT2D eigenvalue weighted by atomic mass is 79.9. The van der Waals surface area contributed by atoms with Crippen LogP contribution in [0.3, 0.4) is 0 Å². The van der Waals surface area contributed by atoms with Gasteiger partial charge in [0, 0.05) is 11.6 Å². The molecule has 0 bridgehead atoms. The maximum Gasteiger partial charge on any atom is 0.137 e. The summed E-state index contributed by atoms with van der Waals surface area (Å²) in [7, 11) is 0. The number of aromatic nitrogens is 1. The van der Waals surface area contributed by atoms with Gasteiger partial charge in [-0.1, -0.05) is 30.8 Å². The number of fused-ring (bicyclic) bond motifs is 1. The molecule has 0 saturated heterocycles. The first kappa shape index (κ1) is 10.7. The lowest BCUT2D eigenvalue weighted by Crippen LogP contribution is -1.90. The van der Waals surface area contributed by atoms with Crippen molar-refractivity contribution in [2.75, 3.05) is 5.32 Å². The molecule has 0 aliphatic rings. The molecule has 2 aromatic rings. The monoisotopic (exact) mass is 250 g/mol. The first-order valence-corrected chi connectivity index (χ1v) is 4.13. The fraction of sp³-hybridized carbons (Fsp3) is 0. The summed E-state index contributed by atoms with van der Waals surface area (Å²) in [5.74, 6) is 0.855. The van der Waals surface area contributed by atoms with Crippen molar-refractivity contribution >= 4 is 33.6 Å². The average Bonchev–Trinajstić information content (AvgIpc) is 2.19. The van der Waals surface area contributed by atoms with Crippen molar-refractivity contribution in [3.05, 3.63) is 49.3 Å². The zero-order valence-corrected chi connectivity index (χ0v) is 9.32. The molecule has 1 heterocycles. The highest BCUT2D eigenvalue weighted by Crippen LogP contribution is 2.19. The molecule has 0 amide bonds. The zero-order valence-electron chi connectivity index (χ0n) is 7.60. The van der Waals surface area contributed by atoms with Crippen molar-refractivity contribution in [1.29, 1.82) is 0 Å². The molecule has 72 valence electrons. The molecule has 0 spiro atoms. The van der Waals surface area contributed by atoms with Gasteiger partial charge < -0.3 is 5.32 Å². The number of hydrogen-bond acceptors (Lipinski definition) is 2. The Labute approximate surface area is 93.4 Å². The van der Waals surface area contributed by atoms with Crippen LogP contribution in [-0.4, -0.2) is 4.98 Å². The first-order valence-electron chi connectivity index (χ1n) is 4.13. The Kier molecular flexibility index (Phi) is 3.65. The summed E-state index contributed by atoms with van der Waals surface area (Å²) in [6, 6.07) is 10.1. The standard InChI is InChI=1S/C11H10N2.BrH/c1-2-12-11-10-6-4-3-5-9(10)7-8-13-11;/h2-8H,1H2,(H,12,13);1H. The third-order valence-electron chi connectivity index (χ3n) is 1.91. The fourth-order valence-electron chi connectivity index (χ4n) is 1.33. The second-order valence-corrected chi connectivity index (χ2v) is 2.73. The normalized spacial score (nSPS) is 9.14. The van der Waals surface area contributed by atoms with E-state index in [9.17, 15) is 0 Å². The van der Waals surface area contributed by atoms with Crippen molar-refractivity contribution in [2.45, 2.75) is 0 Å². The maximum atomic E-state index is 4.21. The Morgan fingerprint density at radius 1 is 1.21 bits per heavy atom. The molecular formula is C11H11BrN2. The molecule has 0 saturated carbocycles. The van der Waals surface area contributed by atoms with Gasteiger partial charge in [-0.3, -0.25) is 0 Å². The molecule has 1 aromatic heterocycles. The zero-order chi connectivity index (χ0) is 9.10. The SMILES string of the molecule is Br.C=CNc1nccc2ccccc12. The number of pyridine rings is 1. The van der Waals surface area contributed by atoms with Gasteiger partial charge >= 0.3 is 0 Å². The second-order valence-electron chi connectivity index (χ2n) is 2.73. The molecule has 2 nitrogen and oxygen atoms in total. The average molecular weight is 251 g/mol. The summed E-state index contributed by atoms with van der Waals surface area (Å²) in [5.41, 5.74) is 0. The van der Waals surface area contributed by atoms with E-state index in [2.05, 4.69) is 22.9 Å². The summed E-state index contributed by atoms with van der Waals surface area (Å²) in [4.78, 5) is 4.21. The van der Waals surface area contributed by atoms with Gasteiger partial charge in [0.1, 0.15) is 5.82 Å². The lowest BCUT2D eigenvalue weighted by Gasteiger charge is -2.03. The molecule has 0 radical (unpaired) electrons. The van der Waals surface area contributed by atoms with Gasteiger partial charge in [-0.2, -0.15) is 0 Å². The first-order chi connectivity index (χ1) is 6.42. The summed E-state index contributed by atoms with van der Waals surface area (Å²) < 4.78 is 0.